The van der Waals surface area contributed by atoms with Gasteiger partial charge in [-0.05, 0) is 56.8 Å². The van der Waals surface area contributed by atoms with Gasteiger partial charge in [-0.2, -0.15) is 0 Å². The van der Waals surface area contributed by atoms with Crippen LogP contribution < -0.4 is 5.32 Å². The van der Waals surface area contributed by atoms with E-state index >= 15 is 0 Å². The van der Waals surface area contributed by atoms with Crippen molar-refractivity contribution in [2.45, 2.75) is 32.1 Å². The molecule has 0 bridgehead atoms. The van der Waals surface area contributed by atoms with Crippen molar-refractivity contribution < 1.29 is 13.2 Å². The predicted molar refractivity (Wildman–Crippen MR) is 98.8 cm³/mol. The van der Waals surface area contributed by atoms with E-state index in [0.29, 0.717) is 6.54 Å². The first-order valence-electron chi connectivity index (χ1n) is 8.37. The molecule has 0 aliphatic heterocycles. The highest BCUT2D eigenvalue weighted by Gasteiger charge is 2.19. The number of halogens is 1. The summed E-state index contributed by atoms with van der Waals surface area (Å²) in [7, 11) is 1.56. The minimum atomic E-state index is -2.15. The molecule has 1 heterocycles. The Hall–Kier alpha value is -1.35. The number of hydrogen-bond donors (Lipinski definition) is 1. The molecule has 1 aromatic carbocycles. The van der Waals surface area contributed by atoms with Gasteiger partial charge in [-0.1, -0.05) is 6.07 Å². The van der Waals surface area contributed by atoms with Gasteiger partial charge in [0.25, 0.3) is 0 Å². The Morgan fingerprint density at radius 2 is 2.24 bits per heavy atom. The zero-order valence-corrected chi connectivity index (χ0v) is 15.7. The number of rotatable bonds is 7. The fourth-order valence-electron chi connectivity index (χ4n) is 2.96. The van der Waals surface area contributed by atoms with Crippen molar-refractivity contribution in [3.05, 3.63) is 34.5 Å². The molecule has 0 saturated carbocycles. The Morgan fingerprint density at radius 1 is 1.40 bits per heavy atom. The number of hydrogen-bond acceptors (Lipinski definition) is 5. The molecule has 0 amide bonds. The van der Waals surface area contributed by atoms with Gasteiger partial charge in [0.15, 0.2) is 5.13 Å². The van der Waals surface area contributed by atoms with E-state index in [-0.39, 0.29) is 5.82 Å². The summed E-state index contributed by atoms with van der Waals surface area (Å²) in [4.78, 5) is 5.89. The predicted octanol–water partition coefficient (Wildman–Crippen LogP) is 3.36. The molecule has 1 aliphatic carbocycles. The lowest BCUT2D eigenvalue weighted by Crippen LogP contribution is -2.22. The number of aromatic nitrogens is 1. The van der Waals surface area contributed by atoms with Crippen LogP contribution in [0.1, 0.15) is 29.7 Å². The van der Waals surface area contributed by atoms with Gasteiger partial charge in [0, 0.05) is 34.8 Å². The first-order chi connectivity index (χ1) is 12.0. The van der Waals surface area contributed by atoms with E-state index in [1.807, 2.05) is 6.07 Å². The molecule has 2 aromatic rings. The molecule has 8 heteroatoms. The second-order valence-corrected chi connectivity index (χ2v) is 8.29. The lowest BCUT2D eigenvalue weighted by molar-refractivity contribution is 0.426. The molecule has 1 N–H and O–H groups in total. The second kappa shape index (κ2) is 8.35. The largest absolute Gasteiger partial charge is 0.760 e. The molecule has 0 radical (unpaired) electrons. The van der Waals surface area contributed by atoms with Crippen molar-refractivity contribution in [2.75, 3.05) is 25.5 Å². The maximum Gasteiger partial charge on any atom is 0.183 e. The van der Waals surface area contributed by atoms with Crippen molar-refractivity contribution in [2.24, 2.45) is 0 Å². The van der Waals surface area contributed by atoms with E-state index in [1.165, 1.54) is 15.2 Å². The average Bonchev–Trinajstić information content (AvgIpc) is 2.91. The quantitative estimate of drug-likeness (QED) is 0.589. The van der Waals surface area contributed by atoms with E-state index in [0.717, 1.165) is 60.6 Å². The van der Waals surface area contributed by atoms with Crippen LogP contribution in [0.4, 0.5) is 9.52 Å². The zero-order chi connectivity index (χ0) is 17.8. The van der Waals surface area contributed by atoms with E-state index in [2.05, 4.69) is 10.3 Å². The van der Waals surface area contributed by atoms with Gasteiger partial charge in [-0.25, -0.2) is 13.7 Å². The standard InChI is InChI=1S/C17H22FN3O2S2/c1-21(25(22)23)10-3-2-9-19-17-20-16-14-11-13(18)8-7-12(14)5-4-6-15(16)24-17/h7-8,11H,2-6,9-10H2,1H3,(H,19,20)(H,22,23)/p-1. The minimum Gasteiger partial charge on any atom is -0.760 e. The van der Waals surface area contributed by atoms with Crippen LogP contribution in [0.15, 0.2) is 18.2 Å². The number of nitrogens with one attached hydrogen (secondary N) is 1. The van der Waals surface area contributed by atoms with Crippen LogP contribution in [-0.4, -0.2) is 38.2 Å². The maximum absolute atomic E-state index is 13.6. The number of nitrogens with zero attached hydrogens (tertiary/aromatic N) is 2. The van der Waals surface area contributed by atoms with Gasteiger partial charge >= 0.3 is 0 Å². The van der Waals surface area contributed by atoms with Crippen molar-refractivity contribution >= 4 is 27.7 Å². The van der Waals surface area contributed by atoms with E-state index in [4.69, 9.17) is 0 Å². The lowest BCUT2D eigenvalue weighted by atomic mass is 10.0. The molecule has 3 rings (SSSR count). The molecule has 0 fully saturated rings. The molecule has 1 aromatic heterocycles. The van der Waals surface area contributed by atoms with Gasteiger partial charge < -0.3 is 9.87 Å². The molecule has 1 atom stereocenters. The zero-order valence-electron chi connectivity index (χ0n) is 14.1. The third-order valence-corrected chi connectivity index (χ3v) is 6.07. The highest BCUT2D eigenvalue weighted by molar-refractivity contribution is 7.76. The second-order valence-electron chi connectivity index (χ2n) is 6.15. The Labute approximate surface area is 153 Å². The van der Waals surface area contributed by atoms with Crippen molar-refractivity contribution in [1.29, 1.82) is 0 Å². The third-order valence-electron chi connectivity index (χ3n) is 4.30. The molecule has 0 spiro atoms. The summed E-state index contributed by atoms with van der Waals surface area (Å²) in [6.07, 6.45) is 4.61. The smallest absolute Gasteiger partial charge is 0.183 e. The molecule has 25 heavy (non-hydrogen) atoms. The molecule has 5 nitrogen and oxygen atoms in total. The van der Waals surface area contributed by atoms with Crippen LogP contribution in [0.2, 0.25) is 0 Å². The van der Waals surface area contributed by atoms with Crippen LogP contribution in [-0.2, 0) is 24.1 Å². The third kappa shape index (κ3) is 4.63. The summed E-state index contributed by atoms with van der Waals surface area (Å²) >= 11 is -0.516. The van der Waals surface area contributed by atoms with Gasteiger partial charge in [0.05, 0.1) is 5.69 Å². The molecule has 0 saturated heterocycles. The number of benzene rings is 1. The number of anilines is 1. The van der Waals surface area contributed by atoms with E-state index in [9.17, 15) is 13.2 Å². The Bertz CT molecular complexity index is 766. The van der Waals surface area contributed by atoms with Crippen LogP contribution in [0.5, 0.6) is 0 Å². The Balaban J connectivity index is 1.61. The summed E-state index contributed by atoms with van der Waals surface area (Å²) < 4.78 is 36.4. The summed E-state index contributed by atoms with van der Waals surface area (Å²) in [5.74, 6) is -0.228. The van der Waals surface area contributed by atoms with Crippen molar-refractivity contribution in [1.82, 2.24) is 9.29 Å². The average molecular weight is 383 g/mol. The molecule has 136 valence electrons. The Kier molecular flexibility index (Phi) is 6.16. The topological polar surface area (TPSA) is 68.3 Å². The van der Waals surface area contributed by atoms with Gasteiger partial charge in [0.2, 0.25) is 0 Å². The fourth-order valence-corrected chi connectivity index (χ4v) is 4.28. The van der Waals surface area contributed by atoms with Crippen molar-refractivity contribution in [3.8, 4) is 11.3 Å². The fraction of sp³-hybridized carbons (Fsp3) is 0.471. The summed E-state index contributed by atoms with van der Waals surface area (Å²) in [6, 6.07) is 4.96. The summed E-state index contributed by atoms with van der Waals surface area (Å²) in [5.41, 5.74) is 2.97. The Morgan fingerprint density at radius 3 is 3.04 bits per heavy atom. The number of fused-ring (bicyclic) bond motifs is 3. The number of thiazole rings is 1. The van der Waals surface area contributed by atoms with Crippen LogP contribution >= 0.6 is 11.3 Å². The maximum atomic E-state index is 13.6. The van der Waals surface area contributed by atoms with Crippen LogP contribution in [0.25, 0.3) is 11.3 Å². The SMILES string of the molecule is CN(CCCCNc1nc2c(s1)CCCc1ccc(F)cc1-2)S(=O)[O-]. The normalized spacial score (nSPS) is 14.7. The number of aryl methyl sites for hydroxylation is 2. The first-order valence-corrected chi connectivity index (χ1v) is 10.2. The van der Waals surface area contributed by atoms with Gasteiger partial charge in [-0.3, -0.25) is 4.21 Å². The molecular weight excluding hydrogens is 361 g/mol. The molecular formula is C17H21FN3O2S2-. The highest BCUT2D eigenvalue weighted by Crippen LogP contribution is 2.37. The van der Waals surface area contributed by atoms with Crippen LogP contribution in [0.3, 0.4) is 0 Å². The first kappa shape index (κ1) is 18.4. The van der Waals surface area contributed by atoms with Gasteiger partial charge in [-0.15, -0.1) is 11.3 Å². The van der Waals surface area contributed by atoms with Crippen molar-refractivity contribution in [3.63, 3.8) is 0 Å². The lowest BCUT2D eigenvalue weighted by Gasteiger charge is -2.18. The summed E-state index contributed by atoms with van der Waals surface area (Å²) in [5, 5.41) is 4.16. The van der Waals surface area contributed by atoms with Gasteiger partial charge in [0.1, 0.15) is 5.82 Å². The summed E-state index contributed by atoms with van der Waals surface area (Å²) in [6.45, 7) is 1.25. The van der Waals surface area contributed by atoms with E-state index in [1.54, 1.807) is 24.5 Å². The van der Waals surface area contributed by atoms with Crippen LogP contribution in [0, 0.1) is 5.82 Å². The highest BCUT2D eigenvalue weighted by atomic mass is 32.2. The van der Waals surface area contributed by atoms with E-state index < -0.39 is 11.3 Å². The minimum absolute atomic E-state index is 0.228. The number of unbranched alkanes of at least 4 members (excludes halogenated alkanes) is 1. The molecule has 1 unspecified atom stereocenters. The molecule has 1 aliphatic rings. The monoisotopic (exact) mass is 382 g/mol.